The van der Waals surface area contributed by atoms with Crippen molar-refractivity contribution in [1.29, 1.82) is 0 Å². The third-order valence-electron chi connectivity index (χ3n) is 9.13. The number of para-hydroxylation sites is 3. The van der Waals surface area contributed by atoms with E-state index in [2.05, 4.69) is 126 Å². The van der Waals surface area contributed by atoms with E-state index in [4.69, 9.17) is 10.5 Å². The summed E-state index contributed by atoms with van der Waals surface area (Å²) in [7, 11) is 0. The predicted octanol–water partition coefficient (Wildman–Crippen LogP) is 12.0. The van der Waals surface area contributed by atoms with E-state index >= 15 is 0 Å². The van der Waals surface area contributed by atoms with Crippen LogP contribution in [0.15, 0.2) is 109 Å². The first kappa shape index (κ1) is 31.8. The summed E-state index contributed by atoms with van der Waals surface area (Å²) in [5, 5.41) is 2.56. The van der Waals surface area contributed by atoms with Crippen LogP contribution in [0.25, 0.3) is 59.5 Å². The molecule has 0 unspecified atom stereocenters. The van der Waals surface area contributed by atoms with Gasteiger partial charge in [0.2, 0.25) is 0 Å². The standard InChI is InChI=1S/C27H19N2S.C18H24GeN.Ir/c1-17-9-7-10-18(2)25(17)29-23-15-5-4-14-22(23)28-27(29)21-13-8-12-20-19-11-3-6-16-24(19)30-26(20)21;1-13(2)16-11-18(15-9-7-14(3)8-10-15)20-12-17(16)19(4,5)6;/h3-12,14-16H,1-2H3;7-9,11-13H,1-6H3;/q2*-1;/i;3D3,13D;. The number of hydrogen-bond donors (Lipinski definition) is 0. The van der Waals surface area contributed by atoms with Crippen molar-refractivity contribution in [2.75, 3.05) is 0 Å². The van der Waals surface area contributed by atoms with Crippen LogP contribution in [0.4, 0.5) is 0 Å². The van der Waals surface area contributed by atoms with E-state index in [0.717, 1.165) is 39.2 Å². The maximum absolute atomic E-state index is 8.49. The second-order valence-corrected chi connectivity index (χ2v) is 25.7. The third-order valence-corrected chi connectivity index (χ3v) is 14.6. The van der Waals surface area contributed by atoms with Crippen molar-refractivity contribution in [3.05, 3.63) is 144 Å². The quantitative estimate of drug-likeness (QED) is 0.127. The van der Waals surface area contributed by atoms with Gasteiger partial charge in [-0.3, -0.25) is 4.98 Å². The maximum Gasteiger partial charge on any atom is 0 e. The average molecular weight is 927 g/mol. The molecule has 0 atom stereocenters. The van der Waals surface area contributed by atoms with Gasteiger partial charge in [0.15, 0.2) is 0 Å². The molecular weight excluding hydrogens is 879 g/mol. The Labute approximate surface area is 328 Å². The van der Waals surface area contributed by atoms with Crippen molar-refractivity contribution in [2.45, 2.75) is 57.7 Å². The van der Waals surface area contributed by atoms with Gasteiger partial charge >= 0.3 is 131 Å². The molecule has 5 aromatic carbocycles. The SMILES string of the molecule is Cc1cccc(C)c1-n1c(-c2[c-]ccc3c2sc2ccccc23)nc2ccccc21.[2H]C([2H])([2H])c1c[c-]c(-c2cc(C([2H])(C)C)[c]([Ge]([CH3])([CH3])[CH3])cn2)cc1.[Ir]. The van der Waals surface area contributed by atoms with E-state index in [1.807, 2.05) is 43.5 Å². The number of aryl methyl sites for hydroxylation is 3. The number of hydrogen-bond acceptors (Lipinski definition) is 3. The molecule has 0 saturated carbocycles. The Morgan fingerprint density at radius 2 is 1.61 bits per heavy atom. The topological polar surface area (TPSA) is 30.7 Å². The number of imidazole rings is 1. The summed E-state index contributed by atoms with van der Waals surface area (Å²) in [6, 6.07) is 41.0. The number of rotatable bonds is 5. The number of thiophene rings is 1. The van der Waals surface area contributed by atoms with Gasteiger partial charge in [-0.2, -0.15) is 11.3 Å². The Morgan fingerprint density at radius 1 is 0.863 bits per heavy atom. The second kappa shape index (κ2) is 15.0. The number of fused-ring (bicyclic) bond motifs is 4. The molecule has 3 aromatic heterocycles. The van der Waals surface area contributed by atoms with Crippen molar-refractivity contribution in [2.24, 2.45) is 0 Å². The average Bonchev–Trinajstić information content (AvgIpc) is 3.70. The van der Waals surface area contributed by atoms with Gasteiger partial charge in [-0.25, -0.2) is 0 Å². The summed E-state index contributed by atoms with van der Waals surface area (Å²) in [6.07, 6.45) is 1.91. The molecule has 3 nitrogen and oxygen atoms in total. The molecule has 51 heavy (non-hydrogen) atoms. The third kappa shape index (κ3) is 7.28. The summed E-state index contributed by atoms with van der Waals surface area (Å²) in [4.78, 5) is 9.67. The fourth-order valence-electron chi connectivity index (χ4n) is 6.63. The van der Waals surface area contributed by atoms with Gasteiger partial charge < -0.3 is 4.57 Å². The molecule has 1 radical (unpaired) electrons. The smallest absolute Gasteiger partial charge is 0 e. The molecule has 0 fully saturated rings. The Hall–Kier alpha value is -3.87. The normalized spacial score (nSPS) is 13.2. The van der Waals surface area contributed by atoms with Crippen molar-refractivity contribution >= 4 is 60.2 Å². The van der Waals surface area contributed by atoms with Crippen molar-refractivity contribution < 1.29 is 25.6 Å². The molecule has 3 heterocycles. The molecule has 8 aromatic rings. The summed E-state index contributed by atoms with van der Waals surface area (Å²) in [5.41, 5.74) is 9.63. The fraction of sp³-hybridized carbons (Fsp3) is 0.200. The van der Waals surface area contributed by atoms with Crippen LogP contribution in [0.3, 0.4) is 0 Å². The summed E-state index contributed by atoms with van der Waals surface area (Å²) in [6.45, 7) is 6.01. The zero-order valence-electron chi connectivity index (χ0n) is 34.0. The maximum atomic E-state index is 8.49. The van der Waals surface area contributed by atoms with Gasteiger partial charge in [0.1, 0.15) is 0 Å². The van der Waals surface area contributed by atoms with Crippen LogP contribution in [0.2, 0.25) is 17.3 Å². The minimum absolute atomic E-state index is 0. The molecule has 0 aliphatic heterocycles. The molecular formula is C45H43GeIrN3S-2. The molecule has 6 heteroatoms. The minimum Gasteiger partial charge on any atom is 0 e. The van der Waals surface area contributed by atoms with E-state index < -0.39 is 26.0 Å². The van der Waals surface area contributed by atoms with Gasteiger partial charge in [0.05, 0.1) is 16.9 Å². The molecule has 0 spiro atoms. The molecule has 259 valence electrons. The Bertz CT molecular complexity index is 2630. The number of aromatic nitrogens is 3. The molecule has 0 amide bonds. The van der Waals surface area contributed by atoms with Gasteiger partial charge in [0.25, 0.3) is 0 Å². The largest absolute Gasteiger partial charge is 0 e. The molecule has 0 N–H and O–H groups in total. The molecule has 0 aliphatic rings. The minimum atomic E-state index is -2.14. The van der Waals surface area contributed by atoms with Gasteiger partial charge in [-0.05, 0) is 53.3 Å². The summed E-state index contributed by atoms with van der Waals surface area (Å²) >= 11 is -0.320. The Kier molecular flexibility index (Phi) is 9.37. The predicted molar refractivity (Wildman–Crippen MR) is 218 cm³/mol. The van der Waals surface area contributed by atoms with Crippen LogP contribution in [-0.4, -0.2) is 27.8 Å². The van der Waals surface area contributed by atoms with Crippen LogP contribution in [0.5, 0.6) is 0 Å². The summed E-state index contributed by atoms with van der Waals surface area (Å²) < 4.78 is 36.9. The molecule has 0 saturated heterocycles. The van der Waals surface area contributed by atoms with Crippen molar-refractivity contribution in [1.82, 2.24) is 14.5 Å². The van der Waals surface area contributed by atoms with Crippen LogP contribution < -0.4 is 4.40 Å². The number of nitrogens with zero attached hydrogens (tertiary/aromatic N) is 3. The van der Waals surface area contributed by atoms with E-state index in [9.17, 15) is 0 Å². The first-order valence-electron chi connectivity index (χ1n) is 18.9. The van der Waals surface area contributed by atoms with Crippen LogP contribution in [-0.2, 0) is 20.1 Å². The van der Waals surface area contributed by atoms with Crippen LogP contribution in [0.1, 0.15) is 47.5 Å². The fourth-order valence-corrected chi connectivity index (χ4v) is 11.1. The van der Waals surface area contributed by atoms with E-state index in [-0.39, 0.29) is 25.7 Å². The zero-order chi connectivity index (χ0) is 38.6. The first-order valence-corrected chi connectivity index (χ1v) is 25.1. The van der Waals surface area contributed by atoms with Gasteiger partial charge in [0, 0.05) is 30.5 Å². The van der Waals surface area contributed by atoms with Crippen LogP contribution in [0, 0.1) is 32.8 Å². The van der Waals surface area contributed by atoms with E-state index in [0.29, 0.717) is 0 Å². The number of benzene rings is 5. The second-order valence-electron chi connectivity index (χ2n) is 14.0. The monoisotopic (exact) mass is 928 g/mol. The van der Waals surface area contributed by atoms with Gasteiger partial charge in [-0.15, -0.1) is 18.2 Å². The zero-order valence-corrected chi connectivity index (χ0v) is 35.3. The van der Waals surface area contributed by atoms with E-state index in [1.54, 1.807) is 12.1 Å². The van der Waals surface area contributed by atoms with Crippen molar-refractivity contribution in [3.8, 4) is 28.3 Å². The molecule has 8 rings (SSSR count). The first-order chi connectivity index (χ1) is 25.5. The molecule has 0 aliphatic carbocycles. The Morgan fingerprint density at radius 3 is 2.31 bits per heavy atom. The Balaban J connectivity index is 0.000000189. The van der Waals surface area contributed by atoms with Gasteiger partial charge in [-0.1, -0.05) is 59.5 Å². The molecule has 0 bridgehead atoms. The van der Waals surface area contributed by atoms with Crippen molar-refractivity contribution in [3.63, 3.8) is 0 Å². The van der Waals surface area contributed by atoms with E-state index in [1.165, 1.54) is 47.4 Å². The number of pyridine rings is 1. The summed E-state index contributed by atoms with van der Waals surface area (Å²) in [5.74, 6) is 7.13. The van der Waals surface area contributed by atoms with Crippen LogP contribution >= 0.6 is 11.3 Å².